The quantitative estimate of drug-likeness (QED) is 0.693. The monoisotopic (exact) mass is 287 g/mol. The number of aryl methyl sites for hydroxylation is 1. The Morgan fingerprint density at radius 1 is 1.30 bits per heavy atom. The highest BCUT2D eigenvalue weighted by molar-refractivity contribution is 6.16. The molecule has 2 heterocycles. The van der Waals surface area contributed by atoms with Crippen molar-refractivity contribution in [2.24, 2.45) is 0 Å². The zero-order valence-electron chi connectivity index (χ0n) is 11.3. The summed E-state index contributed by atoms with van der Waals surface area (Å²) in [6.07, 6.45) is 1.83. The van der Waals surface area contributed by atoms with Crippen LogP contribution in [0, 0.1) is 6.92 Å². The third-order valence-corrected chi connectivity index (χ3v) is 3.37. The number of imidazole rings is 1. The largest absolute Gasteiger partial charge is 0.497 e. The van der Waals surface area contributed by atoms with Crippen LogP contribution in [0.15, 0.2) is 36.5 Å². The molecular formula is C15H14ClN3O. The van der Waals surface area contributed by atoms with Crippen LogP contribution in [0.1, 0.15) is 11.4 Å². The zero-order valence-corrected chi connectivity index (χ0v) is 12.1. The van der Waals surface area contributed by atoms with Crippen LogP contribution < -0.4 is 4.74 Å². The predicted octanol–water partition coefficient (Wildman–Crippen LogP) is 3.48. The number of methoxy groups -OCH3 is 1. The SMILES string of the molecule is COc1cccc(-n2c(CCl)nc3cc(C)cnc32)c1. The van der Waals surface area contributed by atoms with E-state index in [1.807, 2.05) is 48.0 Å². The number of alkyl halides is 1. The van der Waals surface area contributed by atoms with E-state index in [2.05, 4.69) is 9.97 Å². The number of pyridine rings is 1. The van der Waals surface area contributed by atoms with Gasteiger partial charge in [0, 0.05) is 12.3 Å². The molecule has 0 aliphatic rings. The molecule has 102 valence electrons. The molecule has 1 aromatic carbocycles. The van der Waals surface area contributed by atoms with Gasteiger partial charge in [0.1, 0.15) is 17.1 Å². The smallest absolute Gasteiger partial charge is 0.164 e. The molecular weight excluding hydrogens is 274 g/mol. The molecule has 20 heavy (non-hydrogen) atoms. The maximum Gasteiger partial charge on any atom is 0.164 e. The highest BCUT2D eigenvalue weighted by Crippen LogP contribution is 2.24. The lowest BCUT2D eigenvalue weighted by Crippen LogP contribution is -2.00. The molecule has 3 aromatic rings. The Kier molecular flexibility index (Phi) is 3.32. The van der Waals surface area contributed by atoms with Crippen molar-refractivity contribution < 1.29 is 4.74 Å². The molecule has 4 nitrogen and oxygen atoms in total. The first-order valence-electron chi connectivity index (χ1n) is 6.27. The summed E-state index contributed by atoms with van der Waals surface area (Å²) >= 11 is 6.02. The molecule has 0 atom stereocenters. The number of ether oxygens (including phenoxy) is 1. The van der Waals surface area contributed by atoms with Gasteiger partial charge in [-0.3, -0.25) is 4.57 Å². The number of fused-ring (bicyclic) bond motifs is 1. The van der Waals surface area contributed by atoms with Gasteiger partial charge < -0.3 is 4.74 Å². The van der Waals surface area contributed by atoms with Gasteiger partial charge in [-0.15, -0.1) is 11.6 Å². The third-order valence-electron chi connectivity index (χ3n) is 3.13. The van der Waals surface area contributed by atoms with Crippen LogP contribution in [0.5, 0.6) is 5.75 Å². The second kappa shape index (κ2) is 5.13. The van der Waals surface area contributed by atoms with Crippen molar-refractivity contribution in [1.29, 1.82) is 0 Å². The summed E-state index contributed by atoms with van der Waals surface area (Å²) in [5.74, 6) is 1.89. The second-order valence-corrected chi connectivity index (χ2v) is 4.82. The van der Waals surface area contributed by atoms with Crippen LogP contribution >= 0.6 is 11.6 Å². The van der Waals surface area contributed by atoms with Crippen molar-refractivity contribution in [3.05, 3.63) is 47.9 Å². The third kappa shape index (κ3) is 2.12. The second-order valence-electron chi connectivity index (χ2n) is 4.55. The molecule has 0 unspecified atom stereocenters. The first-order chi connectivity index (χ1) is 9.72. The number of nitrogens with zero attached hydrogens (tertiary/aromatic N) is 3. The van der Waals surface area contributed by atoms with Crippen LogP contribution in [-0.4, -0.2) is 21.6 Å². The fourth-order valence-corrected chi connectivity index (χ4v) is 2.40. The van der Waals surface area contributed by atoms with Gasteiger partial charge in [-0.25, -0.2) is 9.97 Å². The van der Waals surface area contributed by atoms with E-state index in [1.165, 1.54) is 0 Å². The van der Waals surface area contributed by atoms with E-state index in [4.69, 9.17) is 16.3 Å². The first kappa shape index (κ1) is 12.9. The average molecular weight is 288 g/mol. The molecule has 2 aromatic heterocycles. The lowest BCUT2D eigenvalue weighted by atomic mass is 10.3. The van der Waals surface area contributed by atoms with Crippen LogP contribution in [-0.2, 0) is 5.88 Å². The summed E-state index contributed by atoms with van der Waals surface area (Å²) in [5, 5.41) is 0. The molecule has 0 saturated heterocycles. The standard InChI is InChI=1S/C15H14ClN3O/c1-10-6-13-15(17-9-10)19(14(8-16)18-13)11-4-3-5-12(7-11)20-2/h3-7,9H,8H2,1-2H3. The van der Waals surface area contributed by atoms with Crippen molar-refractivity contribution in [2.75, 3.05) is 7.11 Å². The fourth-order valence-electron chi connectivity index (χ4n) is 2.22. The molecule has 0 fully saturated rings. The summed E-state index contributed by atoms with van der Waals surface area (Å²) in [6, 6.07) is 9.78. The van der Waals surface area contributed by atoms with E-state index in [0.717, 1.165) is 34.0 Å². The molecule has 3 rings (SSSR count). The van der Waals surface area contributed by atoms with E-state index in [1.54, 1.807) is 7.11 Å². The number of aromatic nitrogens is 3. The minimum Gasteiger partial charge on any atom is -0.497 e. The van der Waals surface area contributed by atoms with Crippen LogP contribution in [0.25, 0.3) is 16.9 Å². The number of hydrogen-bond donors (Lipinski definition) is 0. The summed E-state index contributed by atoms with van der Waals surface area (Å²) in [5.41, 5.74) is 3.68. The van der Waals surface area contributed by atoms with Gasteiger partial charge in [-0.05, 0) is 30.7 Å². The Morgan fingerprint density at radius 2 is 2.15 bits per heavy atom. The number of rotatable bonds is 3. The summed E-state index contributed by atoms with van der Waals surface area (Å²) < 4.78 is 7.23. The lowest BCUT2D eigenvalue weighted by molar-refractivity contribution is 0.414. The van der Waals surface area contributed by atoms with E-state index in [9.17, 15) is 0 Å². The lowest BCUT2D eigenvalue weighted by Gasteiger charge is -2.08. The number of halogens is 1. The molecule has 0 saturated carbocycles. The Morgan fingerprint density at radius 3 is 2.90 bits per heavy atom. The van der Waals surface area contributed by atoms with Crippen LogP contribution in [0.4, 0.5) is 0 Å². The topological polar surface area (TPSA) is 39.9 Å². The first-order valence-corrected chi connectivity index (χ1v) is 6.80. The molecule has 0 bridgehead atoms. The van der Waals surface area contributed by atoms with Gasteiger partial charge in [0.25, 0.3) is 0 Å². The summed E-state index contributed by atoms with van der Waals surface area (Å²) in [7, 11) is 1.65. The molecule has 5 heteroatoms. The van der Waals surface area contributed by atoms with Crippen molar-refractivity contribution in [1.82, 2.24) is 14.5 Å². The Hall–Kier alpha value is -2.07. The molecule has 0 aliphatic heterocycles. The average Bonchev–Trinajstić information content (AvgIpc) is 2.84. The minimum absolute atomic E-state index is 0.326. The summed E-state index contributed by atoms with van der Waals surface area (Å²) in [4.78, 5) is 9.03. The van der Waals surface area contributed by atoms with Crippen molar-refractivity contribution in [2.45, 2.75) is 12.8 Å². The molecule has 0 spiro atoms. The van der Waals surface area contributed by atoms with Gasteiger partial charge in [-0.1, -0.05) is 6.07 Å². The van der Waals surface area contributed by atoms with E-state index in [-0.39, 0.29) is 0 Å². The zero-order chi connectivity index (χ0) is 14.1. The van der Waals surface area contributed by atoms with Gasteiger partial charge in [0.05, 0.1) is 18.7 Å². The number of hydrogen-bond acceptors (Lipinski definition) is 3. The fraction of sp³-hybridized carbons (Fsp3) is 0.200. The molecule has 0 aliphatic carbocycles. The maximum absolute atomic E-state index is 6.02. The van der Waals surface area contributed by atoms with Crippen molar-refractivity contribution in [3.8, 4) is 11.4 Å². The number of benzene rings is 1. The molecule has 0 amide bonds. The normalized spacial score (nSPS) is 10.9. The van der Waals surface area contributed by atoms with Crippen LogP contribution in [0.3, 0.4) is 0 Å². The molecule has 0 N–H and O–H groups in total. The van der Waals surface area contributed by atoms with Gasteiger partial charge in [0.15, 0.2) is 5.65 Å². The van der Waals surface area contributed by atoms with E-state index in [0.29, 0.717) is 5.88 Å². The predicted molar refractivity (Wildman–Crippen MR) is 79.7 cm³/mol. The van der Waals surface area contributed by atoms with Crippen molar-refractivity contribution in [3.63, 3.8) is 0 Å². The van der Waals surface area contributed by atoms with Gasteiger partial charge in [0.2, 0.25) is 0 Å². The Balaban J connectivity index is 2.28. The highest BCUT2D eigenvalue weighted by Gasteiger charge is 2.13. The maximum atomic E-state index is 6.02. The highest BCUT2D eigenvalue weighted by atomic mass is 35.5. The van der Waals surface area contributed by atoms with Gasteiger partial charge in [-0.2, -0.15) is 0 Å². The van der Waals surface area contributed by atoms with E-state index >= 15 is 0 Å². The molecule has 0 radical (unpaired) electrons. The van der Waals surface area contributed by atoms with Gasteiger partial charge >= 0.3 is 0 Å². The van der Waals surface area contributed by atoms with Crippen molar-refractivity contribution >= 4 is 22.8 Å². The Labute approximate surface area is 122 Å². The van der Waals surface area contributed by atoms with Crippen LogP contribution in [0.2, 0.25) is 0 Å². The van der Waals surface area contributed by atoms with E-state index < -0.39 is 0 Å². The minimum atomic E-state index is 0.326. The summed E-state index contributed by atoms with van der Waals surface area (Å²) in [6.45, 7) is 2.00. The Bertz CT molecular complexity index is 767.